The van der Waals surface area contributed by atoms with Crippen molar-refractivity contribution in [2.75, 3.05) is 45.9 Å². The molecule has 1 fully saturated rings. The second-order valence-electron chi connectivity index (χ2n) is 19.8. The van der Waals surface area contributed by atoms with Crippen LogP contribution in [0.15, 0.2) is 0 Å². The summed E-state index contributed by atoms with van der Waals surface area (Å²) in [7, 11) is 0. The number of carbonyl (C=O) groups is 3. The molecule has 0 bridgehead atoms. The second kappa shape index (κ2) is 44.2. The highest BCUT2D eigenvalue weighted by atomic mass is 16.5. The number of hydrogen-bond acceptors (Lipinski definition) is 7. The Morgan fingerprint density at radius 2 is 0.857 bits per heavy atom. The van der Waals surface area contributed by atoms with Crippen LogP contribution in [0.5, 0.6) is 0 Å². The van der Waals surface area contributed by atoms with E-state index in [1.807, 2.05) is 0 Å². The van der Waals surface area contributed by atoms with Gasteiger partial charge in [0.15, 0.2) is 0 Å². The number of esters is 2. The molecule has 0 aromatic rings. The Bertz CT molecular complexity index is 955. The van der Waals surface area contributed by atoms with E-state index in [2.05, 4.69) is 37.5 Å². The Balaban J connectivity index is 2.29. The maximum Gasteiger partial charge on any atom is 0.305 e. The van der Waals surface area contributed by atoms with Crippen LogP contribution in [-0.2, 0) is 23.9 Å². The lowest BCUT2D eigenvalue weighted by Crippen LogP contribution is -2.35. The van der Waals surface area contributed by atoms with E-state index in [1.165, 1.54) is 141 Å². The van der Waals surface area contributed by atoms with E-state index < -0.39 is 0 Å². The molecule has 1 N–H and O–H groups in total. The normalized spacial score (nSPS) is 14.3. The fourth-order valence-corrected chi connectivity index (χ4v) is 9.56. The topological polar surface area (TPSA) is 96.4 Å². The minimum atomic E-state index is -0.264. The van der Waals surface area contributed by atoms with Gasteiger partial charge in [0.2, 0.25) is 5.91 Å². The molecule has 0 aromatic heterocycles. The first-order valence-corrected chi connectivity index (χ1v) is 27.8. The van der Waals surface area contributed by atoms with Crippen molar-refractivity contribution in [3.05, 3.63) is 0 Å². The largest absolute Gasteiger partial charge is 0.466 e. The van der Waals surface area contributed by atoms with E-state index in [1.54, 1.807) is 0 Å². The third-order valence-electron chi connectivity index (χ3n) is 13.8. The third-order valence-corrected chi connectivity index (χ3v) is 13.8. The SMILES string of the molecule is CCCCCCC(CCCCCC)CCCOC(=O)CCCCCCCN(CCCCCCCC(=O)OCCCC(CCCCCC)CCCCCC)C(=O)CCN1CCC(O)C1. The average molecular weight is 891 g/mol. The van der Waals surface area contributed by atoms with Gasteiger partial charge in [-0.2, -0.15) is 0 Å². The highest BCUT2D eigenvalue weighted by Crippen LogP contribution is 2.25. The van der Waals surface area contributed by atoms with Gasteiger partial charge in [0.1, 0.15) is 0 Å². The molecule has 8 nitrogen and oxygen atoms in total. The molecule has 1 saturated heterocycles. The van der Waals surface area contributed by atoms with Crippen molar-refractivity contribution in [2.24, 2.45) is 11.8 Å². The number of ether oxygens (including phenoxy) is 2. The fraction of sp³-hybridized carbons (Fsp3) is 0.945. The molecule has 1 aliphatic rings. The van der Waals surface area contributed by atoms with Crippen LogP contribution >= 0.6 is 0 Å². The molecule has 0 aliphatic carbocycles. The molecule has 372 valence electrons. The first kappa shape index (κ1) is 59.3. The van der Waals surface area contributed by atoms with Gasteiger partial charge in [-0.25, -0.2) is 0 Å². The predicted molar refractivity (Wildman–Crippen MR) is 266 cm³/mol. The molecular weight excluding hydrogens is 785 g/mol. The standard InChI is InChI=1S/C55H106N2O6/c1-5-9-13-23-33-50(34-24-14-10-6-2)37-31-47-62-54(60)39-27-19-17-21-29-43-57(53(59)42-46-56-45-41-52(58)49-56)44-30-22-18-20-28-40-55(61)63-48-32-38-51(35-25-15-11-7-3)36-26-16-12-8-4/h50-52,58H,5-49H2,1-4H3. The summed E-state index contributed by atoms with van der Waals surface area (Å²) in [4.78, 5) is 42.6. The van der Waals surface area contributed by atoms with Crippen LogP contribution in [0, 0.1) is 11.8 Å². The molecule has 1 atom stereocenters. The first-order chi connectivity index (χ1) is 30.8. The maximum absolute atomic E-state index is 13.4. The monoisotopic (exact) mass is 891 g/mol. The molecule has 0 aromatic carbocycles. The molecule has 63 heavy (non-hydrogen) atoms. The Morgan fingerprint density at radius 1 is 0.492 bits per heavy atom. The fourth-order valence-electron chi connectivity index (χ4n) is 9.56. The van der Waals surface area contributed by atoms with Crippen molar-refractivity contribution in [1.29, 1.82) is 0 Å². The minimum Gasteiger partial charge on any atom is -0.466 e. The molecule has 1 aliphatic heterocycles. The number of aliphatic hydroxyl groups is 1. The number of carbonyl (C=O) groups excluding carboxylic acids is 3. The van der Waals surface area contributed by atoms with Crippen molar-refractivity contribution in [3.8, 4) is 0 Å². The summed E-state index contributed by atoms with van der Waals surface area (Å²) in [6.07, 6.45) is 43.0. The summed E-state index contributed by atoms with van der Waals surface area (Å²) in [5.74, 6) is 1.69. The zero-order chi connectivity index (χ0) is 45.9. The highest BCUT2D eigenvalue weighted by molar-refractivity contribution is 5.76. The second-order valence-corrected chi connectivity index (χ2v) is 19.8. The summed E-state index contributed by atoms with van der Waals surface area (Å²) < 4.78 is 11.3. The van der Waals surface area contributed by atoms with Crippen LogP contribution in [0.4, 0.5) is 0 Å². The van der Waals surface area contributed by atoms with Gasteiger partial charge in [0.05, 0.1) is 19.3 Å². The van der Waals surface area contributed by atoms with E-state index >= 15 is 0 Å². The van der Waals surface area contributed by atoms with Crippen LogP contribution in [0.2, 0.25) is 0 Å². The smallest absolute Gasteiger partial charge is 0.305 e. The summed E-state index contributed by atoms with van der Waals surface area (Å²) in [6.45, 7) is 14.1. The van der Waals surface area contributed by atoms with Crippen LogP contribution < -0.4 is 0 Å². The van der Waals surface area contributed by atoms with Crippen molar-refractivity contribution in [1.82, 2.24) is 9.80 Å². The molecule has 1 amide bonds. The Kier molecular flexibility index (Phi) is 41.6. The van der Waals surface area contributed by atoms with Gasteiger partial charge in [-0.3, -0.25) is 14.4 Å². The van der Waals surface area contributed by atoms with Crippen LogP contribution in [0.25, 0.3) is 0 Å². The molecule has 0 saturated carbocycles. The minimum absolute atomic E-state index is 0.0462. The van der Waals surface area contributed by atoms with Crippen LogP contribution in [0.3, 0.4) is 0 Å². The number of β-amino-alcohol motifs (C(OH)–C–C–N with tert-alkyl or cyclic N) is 1. The zero-order valence-electron chi connectivity index (χ0n) is 42.4. The van der Waals surface area contributed by atoms with E-state index in [0.29, 0.717) is 39.0 Å². The summed E-state index contributed by atoms with van der Waals surface area (Å²) in [6, 6.07) is 0. The van der Waals surface area contributed by atoms with Gasteiger partial charge in [-0.05, 0) is 69.6 Å². The molecule has 1 rings (SSSR count). The first-order valence-electron chi connectivity index (χ1n) is 27.8. The lowest BCUT2D eigenvalue weighted by Gasteiger charge is -2.24. The zero-order valence-corrected chi connectivity index (χ0v) is 42.4. The lowest BCUT2D eigenvalue weighted by atomic mass is 9.91. The van der Waals surface area contributed by atoms with E-state index in [9.17, 15) is 19.5 Å². The summed E-state index contributed by atoms with van der Waals surface area (Å²) in [5.41, 5.74) is 0. The quantitative estimate of drug-likeness (QED) is 0.0480. The molecule has 1 unspecified atom stereocenters. The Morgan fingerprint density at radius 3 is 1.24 bits per heavy atom. The number of hydrogen-bond donors (Lipinski definition) is 1. The molecule has 0 radical (unpaired) electrons. The lowest BCUT2D eigenvalue weighted by molar-refractivity contribution is -0.144. The van der Waals surface area contributed by atoms with Crippen LogP contribution in [-0.4, -0.2) is 84.8 Å². The third kappa shape index (κ3) is 37.2. The van der Waals surface area contributed by atoms with Gasteiger partial charge < -0.3 is 24.4 Å². The van der Waals surface area contributed by atoms with E-state index in [4.69, 9.17) is 9.47 Å². The van der Waals surface area contributed by atoms with Gasteiger partial charge in [0, 0.05) is 52.0 Å². The van der Waals surface area contributed by atoms with E-state index in [0.717, 1.165) is 121 Å². The van der Waals surface area contributed by atoms with E-state index in [-0.39, 0.29) is 23.9 Å². The number of nitrogens with zero attached hydrogens (tertiary/aromatic N) is 2. The van der Waals surface area contributed by atoms with Gasteiger partial charge in [-0.15, -0.1) is 0 Å². The van der Waals surface area contributed by atoms with Gasteiger partial charge >= 0.3 is 11.9 Å². The molecule has 0 spiro atoms. The van der Waals surface area contributed by atoms with Crippen molar-refractivity contribution < 1.29 is 29.0 Å². The number of aliphatic hydroxyl groups excluding tert-OH is 1. The predicted octanol–water partition coefficient (Wildman–Crippen LogP) is 14.7. The van der Waals surface area contributed by atoms with Crippen LogP contribution in [0.1, 0.15) is 272 Å². The van der Waals surface area contributed by atoms with Crippen molar-refractivity contribution in [2.45, 2.75) is 278 Å². The number of likely N-dealkylation sites (tertiary alicyclic amines) is 1. The Labute approximate surface area is 390 Å². The maximum atomic E-state index is 13.4. The average Bonchev–Trinajstić information content (AvgIpc) is 3.71. The highest BCUT2D eigenvalue weighted by Gasteiger charge is 2.22. The molecular formula is C55H106N2O6. The molecule has 8 heteroatoms. The van der Waals surface area contributed by atoms with Gasteiger partial charge in [-0.1, -0.05) is 195 Å². The van der Waals surface area contributed by atoms with Gasteiger partial charge in [0.25, 0.3) is 0 Å². The summed E-state index contributed by atoms with van der Waals surface area (Å²) >= 11 is 0. The Hall–Kier alpha value is -1.67. The number of rotatable bonds is 47. The number of amides is 1. The van der Waals surface area contributed by atoms with Crippen molar-refractivity contribution >= 4 is 17.8 Å². The molecule has 1 heterocycles. The number of unbranched alkanes of at least 4 members (excludes halogenated alkanes) is 20. The summed E-state index contributed by atoms with van der Waals surface area (Å²) in [5, 5.41) is 9.94. The van der Waals surface area contributed by atoms with Crippen molar-refractivity contribution in [3.63, 3.8) is 0 Å².